The third-order valence-corrected chi connectivity index (χ3v) is 5.04. The molecule has 138 valence electrons. The number of carboxylic acids is 2. The van der Waals surface area contributed by atoms with E-state index in [0.717, 1.165) is 18.9 Å². The standard InChI is InChI=1S/C17H20FNO5.ClH/c18-12-2-1-3-14(15(12)17(22)23)24-11-5-4-9-8-19-13(16(20)21)7-10(9)6-11;/h1-3,9-11,13,19H,4-8H2,(H,20,21)(H,22,23);1H/t9-,10+,11-,13-;/m0./s1. The van der Waals surface area contributed by atoms with Crippen LogP contribution in [-0.4, -0.2) is 40.8 Å². The number of nitrogens with one attached hydrogen (secondary N) is 1. The molecule has 1 saturated heterocycles. The average Bonchev–Trinajstić information content (AvgIpc) is 2.53. The summed E-state index contributed by atoms with van der Waals surface area (Å²) in [5.41, 5.74) is -0.451. The fourth-order valence-corrected chi connectivity index (χ4v) is 3.81. The first-order valence-electron chi connectivity index (χ1n) is 8.10. The van der Waals surface area contributed by atoms with E-state index in [1.807, 2.05) is 0 Å². The molecule has 3 N–H and O–H groups in total. The topological polar surface area (TPSA) is 95.9 Å². The molecule has 1 aromatic carbocycles. The van der Waals surface area contributed by atoms with Crippen LogP contribution in [0.2, 0.25) is 0 Å². The number of piperidine rings is 1. The van der Waals surface area contributed by atoms with E-state index in [0.29, 0.717) is 25.3 Å². The smallest absolute Gasteiger partial charge is 0.342 e. The summed E-state index contributed by atoms with van der Waals surface area (Å²) in [7, 11) is 0. The zero-order valence-electron chi connectivity index (χ0n) is 13.5. The Bertz CT molecular complexity index is 656. The van der Waals surface area contributed by atoms with E-state index in [4.69, 9.17) is 14.9 Å². The quantitative estimate of drug-likeness (QED) is 0.750. The van der Waals surface area contributed by atoms with Crippen LogP contribution in [0.5, 0.6) is 5.75 Å². The van der Waals surface area contributed by atoms with Gasteiger partial charge in [-0.2, -0.15) is 0 Å². The Morgan fingerprint density at radius 3 is 2.60 bits per heavy atom. The Morgan fingerprint density at radius 2 is 1.92 bits per heavy atom. The average molecular weight is 374 g/mol. The molecule has 1 heterocycles. The van der Waals surface area contributed by atoms with Gasteiger partial charge in [-0.25, -0.2) is 9.18 Å². The van der Waals surface area contributed by atoms with E-state index in [-0.39, 0.29) is 30.2 Å². The van der Waals surface area contributed by atoms with Crippen LogP contribution in [0.15, 0.2) is 18.2 Å². The van der Waals surface area contributed by atoms with E-state index in [1.54, 1.807) is 0 Å². The van der Waals surface area contributed by atoms with Crippen LogP contribution < -0.4 is 10.1 Å². The number of halogens is 2. The zero-order valence-corrected chi connectivity index (χ0v) is 14.3. The molecule has 0 amide bonds. The number of aromatic carboxylic acids is 1. The summed E-state index contributed by atoms with van der Waals surface area (Å²) in [6.07, 6.45) is 2.60. The molecule has 1 aromatic rings. The molecule has 0 aromatic heterocycles. The van der Waals surface area contributed by atoms with E-state index in [1.165, 1.54) is 12.1 Å². The van der Waals surface area contributed by atoms with Gasteiger partial charge < -0.3 is 20.3 Å². The van der Waals surface area contributed by atoms with E-state index >= 15 is 0 Å². The maximum absolute atomic E-state index is 13.7. The largest absolute Gasteiger partial charge is 0.489 e. The minimum Gasteiger partial charge on any atom is -0.489 e. The number of aliphatic carboxylic acids is 1. The molecule has 6 nitrogen and oxygen atoms in total. The fourth-order valence-electron chi connectivity index (χ4n) is 3.81. The maximum atomic E-state index is 13.7. The van der Waals surface area contributed by atoms with Crippen molar-refractivity contribution in [3.05, 3.63) is 29.6 Å². The molecule has 1 aliphatic carbocycles. The molecule has 0 unspecified atom stereocenters. The third-order valence-electron chi connectivity index (χ3n) is 5.04. The molecule has 4 atom stereocenters. The predicted octanol–water partition coefficient (Wildman–Crippen LogP) is 2.56. The Balaban J connectivity index is 0.00000225. The van der Waals surface area contributed by atoms with Crippen LogP contribution in [0.3, 0.4) is 0 Å². The summed E-state index contributed by atoms with van der Waals surface area (Å²) >= 11 is 0. The van der Waals surface area contributed by atoms with E-state index in [9.17, 15) is 14.0 Å². The Hall–Kier alpha value is -1.86. The molecule has 8 heteroatoms. The predicted molar refractivity (Wildman–Crippen MR) is 89.9 cm³/mol. The first kappa shape index (κ1) is 19.5. The van der Waals surface area contributed by atoms with Gasteiger partial charge in [-0.05, 0) is 56.2 Å². The lowest BCUT2D eigenvalue weighted by Gasteiger charge is -2.41. The van der Waals surface area contributed by atoms with E-state index in [2.05, 4.69) is 5.32 Å². The number of ether oxygens (including phenoxy) is 1. The second-order valence-electron chi connectivity index (χ2n) is 6.53. The monoisotopic (exact) mass is 373 g/mol. The van der Waals surface area contributed by atoms with Crippen molar-refractivity contribution in [3.8, 4) is 5.75 Å². The van der Waals surface area contributed by atoms with Gasteiger partial charge in [0.2, 0.25) is 0 Å². The van der Waals surface area contributed by atoms with Crippen LogP contribution in [-0.2, 0) is 4.79 Å². The summed E-state index contributed by atoms with van der Waals surface area (Å²) < 4.78 is 19.5. The molecule has 1 aliphatic heterocycles. The minimum atomic E-state index is -1.36. The number of carboxylic acid groups (broad SMARTS) is 2. The highest BCUT2D eigenvalue weighted by Gasteiger charge is 2.38. The number of benzene rings is 1. The van der Waals surface area contributed by atoms with Crippen LogP contribution in [0.25, 0.3) is 0 Å². The highest BCUT2D eigenvalue weighted by Crippen LogP contribution is 2.38. The van der Waals surface area contributed by atoms with Gasteiger partial charge in [0.1, 0.15) is 23.2 Å². The third kappa shape index (κ3) is 4.22. The Labute approximate surface area is 150 Å². The molecular formula is C17H21ClFNO5. The Morgan fingerprint density at radius 1 is 1.16 bits per heavy atom. The molecule has 3 rings (SSSR count). The van der Waals surface area contributed by atoms with Gasteiger partial charge in [0, 0.05) is 0 Å². The fraction of sp³-hybridized carbons (Fsp3) is 0.529. The summed E-state index contributed by atoms with van der Waals surface area (Å²) in [6, 6.07) is 3.43. The maximum Gasteiger partial charge on any atom is 0.342 e. The number of carbonyl (C=O) groups is 2. The van der Waals surface area contributed by atoms with Crippen molar-refractivity contribution in [1.82, 2.24) is 5.32 Å². The SMILES string of the molecule is Cl.O=C(O)c1c(F)cccc1O[C@H]1CC[C@H]2CN[C@H](C(=O)O)C[C@H]2C1. The first-order valence-corrected chi connectivity index (χ1v) is 8.10. The minimum absolute atomic E-state index is 0. The van der Waals surface area contributed by atoms with Crippen molar-refractivity contribution >= 4 is 24.3 Å². The van der Waals surface area contributed by atoms with Gasteiger partial charge in [0.25, 0.3) is 0 Å². The van der Waals surface area contributed by atoms with Gasteiger partial charge >= 0.3 is 11.9 Å². The van der Waals surface area contributed by atoms with Gasteiger partial charge in [-0.15, -0.1) is 12.4 Å². The van der Waals surface area contributed by atoms with Crippen molar-refractivity contribution in [2.75, 3.05) is 6.54 Å². The molecule has 0 spiro atoms. The van der Waals surface area contributed by atoms with E-state index < -0.39 is 29.4 Å². The first-order chi connectivity index (χ1) is 11.5. The number of hydrogen-bond acceptors (Lipinski definition) is 4. The highest BCUT2D eigenvalue weighted by molar-refractivity contribution is 5.91. The van der Waals surface area contributed by atoms with Gasteiger partial charge in [-0.1, -0.05) is 6.07 Å². The van der Waals surface area contributed by atoms with Crippen molar-refractivity contribution < 1.29 is 28.9 Å². The van der Waals surface area contributed by atoms with Crippen molar-refractivity contribution in [1.29, 1.82) is 0 Å². The molecule has 0 bridgehead atoms. The van der Waals surface area contributed by atoms with Crippen LogP contribution in [0, 0.1) is 17.7 Å². The zero-order chi connectivity index (χ0) is 17.3. The molecule has 25 heavy (non-hydrogen) atoms. The van der Waals surface area contributed by atoms with Crippen LogP contribution >= 0.6 is 12.4 Å². The second kappa shape index (κ2) is 8.01. The molecular weight excluding hydrogens is 353 g/mol. The molecule has 0 radical (unpaired) electrons. The summed E-state index contributed by atoms with van der Waals surface area (Å²) in [6.45, 7) is 0.675. The van der Waals surface area contributed by atoms with Crippen molar-refractivity contribution in [2.45, 2.75) is 37.8 Å². The lowest BCUT2D eigenvalue weighted by molar-refractivity contribution is -0.141. The number of hydrogen-bond donors (Lipinski definition) is 3. The highest BCUT2D eigenvalue weighted by atomic mass is 35.5. The molecule has 2 fully saturated rings. The Kier molecular flexibility index (Phi) is 6.24. The van der Waals surface area contributed by atoms with Gasteiger partial charge in [0.05, 0.1) is 6.10 Å². The number of rotatable bonds is 4. The summed E-state index contributed by atoms with van der Waals surface area (Å²) in [4.78, 5) is 22.4. The van der Waals surface area contributed by atoms with Crippen molar-refractivity contribution in [3.63, 3.8) is 0 Å². The molecule has 2 aliphatic rings. The lowest BCUT2D eigenvalue weighted by atomic mass is 9.72. The molecule has 1 saturated carbocycles. The number of fused-ring (bicyclic) bond motifs is 1. The van der Waals surface area contributed by atoms with Gasteiger partial charge in [-0.3, -0.25) is 4.79 Å². The van der Waals surface area contributed by atoms with Crippen LogP contribution in [0.4, 0.5) is 4.39 Å². The van der Waals surface area contributed by atoms with Crippen LogP contribution in [0.1, 0.15) is 36.0 Å². The second-order valence-corrected chi connectivity index (χ2v) is 6.53. The summed E-state index contributed by atoms with van der Waals surface area (Å²) in [5.74, 6) is -2.37. The summed E-state index contributed by atoms with van der Waals surface area (Å²) in [5, 5.41) is 21.4. The lowest BCUT2D eigenvalue weighted by Crippen LogP contribution is -2.50. The van der Waals surface area contributed by atoms with Crippen molar-refractivity contribution in [2.24, 2.45) is 11.8 Å². The normalized spacial score (nSPS) is 28.4. The van der Waals surface area contributed by atoms with Gasteiger partial charge in [0.15, 0.2) is 0 Å².